The molecule has 0 saturated heterocycles. The first-order valence-corrected chi connectivity index (χ1v) is 21.4. The van der Waals surface area contributed by atoms with E-state index in [0.717, 1.165) is 83.5 Å². The third kappa shape index (κ3) is 37.5. The van der Waals surface area contributed by atoms with Gasteiger partial charge < -0.3 is 24.6 Å². The van der Waals surface area contributed by atoms with Gasteiger partial charge in [0, 0.05) is 12.8 Å². The molecule has 11 heteroatoms. The van der Waals surface area contributed by atoms with Gasteiger partial charge in [0.25, 0.3) is 0 Å². The van der Waals surface area contributed by atoms with E-state index in [1.165, 1.54) is 19.3 Å². The molecule has 0 heterocycles. The smallest absolute Gasteiger partial charge is 0.462 e. The third-order valence-electron chi connectivity index (χ3n) is 7.84. The Kier molecular flexibility index (Phi) is 35.9. The molecular formula is C42H71O10P. The van der Waals surface area contributed by atoms with E-state index in [0.29, 0.717) is 12.8 Å². The standard InChI is InChI=1S/C42H71O10P/c1-3-5-7-9-11-13-15-17-19-21-23-25-27-29-31-33-41(45)49-37-40(38-51-53(47,48)50-36-39(44)35-43)52-42(46)34-32-30-28-26-24-22-20-18-16-14-12-10-8-6-4-2/h6,8,11-14,17-20,24,26,39-40,43-44H,3-5,7,9-10,15-16,21-23,25,27-38H2,1-2H3,(H,47,48)/b8-6-,13-11-,14-12-,19-17-,20-18-,26-24-/t39-,40+/m0/s1. The largest absolute Gasteiger partial charge is 0.472 e. The number of carbonyl (C=O) groups excluding carboxylic acids is 2. The van der Waals surface area contributed by atoms with Gasteiger partial charge in [0.2, 0.25) is 0 Å². The van der Waals surface area contributed by atoms with Gasteiger partial charge in [-0.3, -0.25) is 18.6 Å². The average Bonchev–Trinajstić information content (AvgIpc) is 3.14. The minimum Gasteiger partial charge on any atom is -0.462 e. The van der Waals surface area contributed by atoms with Crippen LogP contribution < -0.4 is 0 Å². The Balaban J connectivity index is 4.46. The van der Waals surface area contributed by atoms with Crippen LogP contribution in [0.15, 0.2) is 72.9 Å². The van der Waals surface area contributed by atoms with Gasteiger partial charge in [0.05, 0.1) is 19.8 Å². The van der Waals surface area contributed by atoms with Gasteiger partial charge in [0.1, 0.15) is 12.7 Å². The van der Waals surface area contributed by atoms with Gasteiger partial charge in [-0.05, 0) is 83.5 Å². The Morgan fingerprint density at radius 1 is 0.585 bits per heavy atom. The summed E-state index contributed by atoms with van der Waals surface area (Å²) in [6, 6.07) is 0. The van der Waals surface area contributed by atoms with E-state index >= 15 is 0 Å². The Labute approximate surface area is 320 Å². The molecule has 0 amide bonds. The number of aliphatic hydroxyl groups is 2. The van der Waals surface area contributed by atoms with Crippen LogP contribution in [0.4, 0.5) is 0 Å². The highest BCUT2D eigenvalue weighted by Gasteiger charge is 2.27. The first kappa shape index (κ1) is 50.4. The molecule has 0 saturated carbocycles. The summed E-state index contributed by atoms with van der Waals surface area (Å²) in [7, 11) is -4.63. The molecule has 0 aliphatic carbocycles. The van der Waals surface area contributed by atoms with Crippen LogP contribution in [0.3, 0.4) is 0 Å². The summed E-state index contributed by atoms with van der Waals surface area (Å²) in [5.41, 5.74) is 0. The SMILES string of the molecule is CC/C=C\C/C=C\C/C=C\C/C=C\CCCCC(=O)O[C@H](COC(=O)CCCCCCC/C=C\C/C=C\CCCCC)COP(=O)(O)OC[C@@H](O)CO. The van der Waals surface area contributed by atoms with E-state index in [2.05, 4.69) is 91.3 Å². The predicted octanol–water partition coefficient (Wildman–Crippen LogP) is 10.1. The lowest BCUT2D eigenvalue weighted by atomic mass is 10.1. The minimum atomic E-state index is -4.63. The van der Waals surface area contributed by atoms with Gasteiger partial charge in [-0.2, -0.15) is 0 Å². The second-order valence-corrected chi connectivity index (χ2v) is 14.4. The van der Waals surface area contributed by atoms with Crippen LogP contribution in [0.5, 0.6) is 0 Å². The highest BCUT2D eigenvalue weighted by Crippen LogP contribution is 2.43. The Hall–Kier alpha value is -2.59. The van der Waals surface area contributed by atoms with E-state index in [1.54, 1.807) is 0 Å². The van der Waals surface area contributed by atoms with Crippen LogP contribution in [0.1, 0.15) is 142 Å². The van der Waals surface area contributed by atoms with Crippen molar-refractivity contribution in [2.75, 3.05) is 26.4 Å². The lowest BCUT2D eigenvalue weighted by molar-refractivity contribution is -0.161. The second-order valence-electron chi connectivity index (χ2n) is 12.9. The molecule has 0 aromatic heterocycles. The van der Waals surface area contributed by atoms with Crippen LogP contribution >= 0.6 is 7.82 Å². The first-order chi connectivity index (χ1) is 25.7. The number of phosphoric ester groups is 1. The summed E-state index contributed by atoms with van der Waals surface area (Å²) in [5.74, 6) is -0.998. The van der Waals surface area contributed by atoms with Crippen molar-refractivity contribution in [3.8, 4) is 0 Å². The summed E-state index contributed by atoms with van der Waals surface area (Å²) in [5, 5.41) is 18.3. The number of phosphoric acid groups is 1. The molecule has 3 N–H and O–H groups in total. The summed E-state index contributed by atoms with van der Waals surface area (Å²) in [6.45, 7) is 2.14. The normalized spacial score (nSPS) is 14.7. The molecule has 0 radical (unpaired) electrons. The monoisotopic (exact) mass is 766 g/mol. The number of hydrogen-bond acceptors (Lipinski definition) is 9. The maximum absolute atomic E-state index is 12.6. The van der Waals surface area contributed by atoms with Crippen molar-refractivity contribution >= 4 is 19.8 Å². The molecule has 10 nitrogen and oxygen atoms in total. The molecule has 0 spiro atoms. The van der Waals surface area contributed by atoms with Gasteiger partial charge in [0.15, 0.2) is 6.10 Å². The molecule has 0 fully saturated rings. The van der Waals surface area contributed by atoms with Crippen molar-refractivity contribution in [2.24, 2.45) is 0 Å². The molecular weight excluding hydrogens is 695 g/mol. The van der Waals surface area contributed by atoms with Crippen LogP contribution in [-0.4, -0.2) is 65.7 Å². The van der Waals surface area contributed by atoms with Crippen molar-refractivity contribution in [3.05, 3.63) is 72.9 Å². The quantitative estimate of drug-likeness (QED) is 0.0243. The van der Waals surface area contributed by atoms with E-state index in [1.807, 2.05) is 0 Å². The fraction of sp³-hybridized carbons (Fsp3) is 0.667. The zero-order valence-electron chi connectivity index (χ0n) is 32.7. The molecule has 0 bridgehead atoms. The van der Waals surface area contributed by atoms with Gasteiger partial charge >= 0.3 is 19.8 Å². The fourth-order valence-corrected chi connectivity index (χ4v) is 5.57. The van der Waals surface area contributed by atoms with E-state index in [-0.39, 0.29) is 19.4 Å². The van der Waals surface area contributed by atoms with E-state index in [9.17, 15) is 24.2 Å². The highest BCUT2D eigenvalue weighted by atomic mass is 31.2. The number of allylic oxidation sites excluding steroid dienone is 12. The lowest BCUT2D eigenvalue weighted by Crippen LogP contribution is -2.29. The predicted molar refractivity (Wildman–Crippen MR) is 214 cm³/mol. The second kappa shape index (κ2) is 37.7. The summed E-state index contributed by atoms with van der Waals surface area (Å²) < 4.78 is 32.6. The maximum atomic E-state index is 12.6. The molecule has 3 atom stereocenters. The molecule has 0 rings (SSSR count). The van der Waals surface area contributed by atoms with Gasteiger partial charge in [-0.1, -0.05) is 119 Å². The third-order valence-corrected chi connectivity index (χ3v) is 8.80. The number of aliphatic hydroxyl groups excluding tert-OH is 2. The number of hydrogen-bond donors (Lipinski definition) is 3. The Morgan fingerprint density at radius 3 is 1.60 bits per heavy atom. The molecule has 0 aromatic carbocycles. The van der Waals surface area contributed by atoms with Crippen LogP contribution in [-0.2, 0) is 32.7 Å². The van der Waals surface area contributed by atoms with Crippen LogP contribution in [0, 0.1) is 0 Å². The first-order valence-electron chi connectivity index (χ1n) is 19.9. The van der Waals surface area contributed by atoms with Gasteiger partial charge in [-0.25, -0.2) is 4.57 Å². The van der Waals surface area contributed by atoms with Crippen molar-refractivity contribution < 1.29 is 47.8 Å². The lowest BCUT2D eigenvalue weighted by Gasteiger charge is -2.20. The Bertz CT molecular complexity index is 1110. The number of unbranched alkanes of at least 4 members (excludes halogenated alkanes) is 10. The fourth-order valence-electron chi connectivity index (χ4n) is 4.78. The molecule has 1 unspecified atom stereocenters. The molecule has 304 valence electrons. The van der Waals surface area contributed by atoms with Crippen molar-refractivity contribution in [1.82, 2.24) is 0 Å². The van der Waals surface area contributed by atoms with E-state index in [4.69, 9.17) is 19.1 Å². The minimum absolute atomic E-state index is 0.125. The topological polar surface area (TPSA) is 149 Å². The molecule has 0 aliphatic rings. The number of esters is 2. The number of carbonyl (C=O) groups is 2. The highest BCUT2D eigenvalue weighted by molar-refractivity contribution is 7.47. The maximum Gasteiger partial charge on any atom is 0.472 e. The molecule has 0 aliphatic heterocycles. The molecule has 0 aromatic rings. The van der Waals surface area contributed by atoms with Gasteiger partial charge in [-0.15, -0.1) is 0 Å². The zero-order valence-corrected chi connectivity index (χ0v) is 33.6. The molecule has 53 heavy (non-hydrogen) atoms. The van der Waals surface area contributed by atoms with E-state index < -0.39 is 51.8 Å². The average molecular weight is 767 g/mol. The van der Waals surface area contributed by atoms with Crippen LogP contribution in [0.25, 0.3) is 0 Å². The number of rotatable bonds is 36. The van der Waals surface area contributed by atoms with Crippen molar-refractivity contribution in [1.29, 1.82) is 0 Å². The van der Waals surface area contributed by atoms with Crippen molar-refractivity contribution in [3.63, 3.8) is 0 Å². The Morgan fingerprint density at radius 2 is 1.04 bits per heavy atom. The summed E-state index contributed by atoms with van der Waals surface area (Å²) >= 11 is 0. The van der Waals surface area contributed by atoms with Crippen molar-refractivity contribution in [2.45, 2.75) is 154 Å². The summed E-state index contributed by atoms with van der Waals surface area (Å²) in [4.78, 5) is 34.9. The summed E-state index contributed by atoms with van der Waals surface area (Å²) in [6.07, 6.45) is 41.6. The van der Waals surface area contributed by atoms with Crippen LogP contribution in [0.2, 0.25) is 0 Å². The number of ether oxygens (including phenoxy) is 2. The zero-order chi connectivity index (χ0) is 39.1.